The first-order chi connectivity index (χ1) is 9.31. The molecule has 1 aromatic heterocycles. The van der Waals surface area contributed by atoms with Crippen LogP contribution >= 0.6 is 0 Å². The van der Waals surface area contributed by atoms with Crippen molar-refractivity contribution in [2.75, 3.05) is 13.2 Å². The maximum Gasteiger partial charge on any atom is 0.422 e. The third-order valence-electron chi connectivity index (χ3n) is 2.05. The summed E-state index contributed by atoms with van der Waals surface area (Å²) in [6, 6.07) is 2.37. The first-order valence-corrected chi connectivity index (χ1v) is 5.66. The molecule has 5 nitrogen and oxygen atoms in total. The number of hydrogen-bond acceptors (Lipinski definition) is 5. The van der Waals surface area contributed by atoms with Gasteiger partial charge in [-0.1, -0.05) is 0 Å². The largest absolute Gasteiger partial charge is 0.468 e. The SMILES string of the molecule is CCOC(=O)CC(=O)c1ccc(OCC(F)(F)F)nc1. The minimum absolute atomic E-state index is 0.0948. The summed E-state index contributed by atoms with van der Waals surface area (Å²) in [5.74, 6) is -1.46. The number of carbonyl (C=O) groups is 2. The minimum Gasteiger partial charge on any atom is -0.468 e. The Hall–Kier alpha value is -2.12. The summed E-state index contributed by atoms with van der Waals surface area (Å²) < 4.78 is 44.7. The van der Waals surface area contributed by atoms with Gasteiger partial charge in [0.05, 0.1) is 6.61 Å². The van der Waals surface area contributed by atoms with E-state index in [1.807, 2.05) is 0 Å². The lowest BCUT2D eigenvalue weighted by atomic mass is 10.1. The van der Waals surface area contributed by atoms with Gasteiger partial charge in [-0.2, -0.15) is 13.2 Å². The van der Waals surface area contributed by atoms with Gasteiger partial charge in [-0.3, -0.25) is 9.59 Å². The predicted molar refractivity (Wildman–Crippen MR) is 61.4 cm³/mol. The van der Waals surface area contributed by atoms with E-state index in [1.165, 1.54) is 6.07 Å². The van der Waals surface area contributed by atoms with Crippen molar-refractivity contribution in [2.45, 2.75) is 19.5 Å². The molecule has 8 heteroatoms. The van der Waals surface area contributed by atoms with Gasteiger partial charge >= 0.3 is 12.1 Å². The minimum atomic E-state index is -4.46. The van der Waals surface area contributed by atoms with Crippen molar-refractivity contribution in [2.24, 2.45) is 0 Å². The molecule has 0 radical (unpaired) electrons. The number of carbonyl (C=O) groups excluding carboxylic acids is 2. The molecule has 0 atom stereocenters. The Balaban J connectivity index is 2.57. The lowest BCUT2D eigenvalue weighted by molar-refractivity contribution is -0.154. The monoisotopic (exact) mass is 291 g/mol. The molecule has 110 valence electrons. The molecule has 0 aliphatic carbocycles. The van der Waals surface area contributed by atoms with E-state index < -0.39 is 31.0 Å². The molecular formula is C12H12F3NO4. The van der Waals surface area contributed by atoms with Crippen molar-refractivity contribution in [3.8, 4) is 5.88 Å². The summed E-state index contributed by atoms with van der Waals surface area (Å²) in [5.41, 5.74) is 0.0948. The lowest BCUT2D eigenvalue weighted by Gasteiger charge is -2.08. The summed E-state index contributed by atoms with van der Waals surface area (Å²) >= 11 is 0. The van der Waals surface area contributed by atoms with E-state index >= 15 is 0 Å². The van der Waals surface area contributed by atoms with Crippen LogP contribution in [-0.2, 0) is 9.53 Å². The van der Waals surface area contributed by atoms with Gasteiger partial charge in [0.25, 0.3) is 0 Å². The maximum atomic E-state index is 11.9. The zero-order valence-corrected chi connectivity index (χ0v) is 10.6. The van der Waals surface area contributed by atoms with Crippen molar-refractivity contribution in [3.05, 3.63) is 23.9 Å². The Morgan fingerprint density at radius 2 is 2.00 bits per heavy atom. The Kier molecular flexibility index (Phi) is 5.48. The zero-order valence-electron chi connectivity index (χ0n) is 10.6. The van der Waals surface area contributed by atoms with Crippen LogP contribution in [0.5, 0.6) is 5.88 Å². The highest BCUT2D eigenvalue weighted by atomic mass is 19.4. The molecule has 0 N–H and O–H groups in total. The van der Waals surface area contributed by atoms with E-state index in [-0.39, 0.29) is 18.1 Å². The first kappa shape index (κ1) is 15.9. The molecule has 0 bridgehead atoms. The number of ketones is 1. The van der Waals surface area contributed by atoms with Crippen LogP contribution in [0, 0.1) is 0 Å². The standard InChI is InChI=1S/C12H12F3NO4/c1-2-19-11(18)5-9(17)8-3-4-10(16-6-8)20-7-12(13,14)15/h3-4,6H,2,5,7H2,1H3. The van der Waals surface area contributed by atoms with Crippen molar-refractivity contribution < 1.29 is 32.2 Å². The lowest BCUT2D eigenvalue weighted by Crippen LogP contribution is -2.19. The van der Waals surface area contributed by atoms with Crippen LogP contribution in [0.2, 0.25) is 0 Å². The fraction of sp³-hybridized carbons (Fsp3) is 0.417. The number of alkyl halides is 3. The van der Waals surface area contributed by atoms with Gasteiger partial charge in [-0.25, -0.2) is 4.98 Å². The van der Waals surface area contributed by atoms with Crippen molar-refractivity contribution in [1.29, 1.82) is 0 Å². The molecule has 0 unspecified atom stereocenters. The second-order valence-electron chi connectivity index (χ2n) is 3.69. The average Bonchev–Trinajstić information content (AvgIpc) is 2.36. The molecule has 0 saturated carbocycles. The molecule has 1 aromatic rings. The predicted octanol–water partition coefficient (Wildman–Crippen LogP) is 2.16. The van der Waals surface area contributed by atoms with Gasteiger partial charge in [0.2, 0.25) is 5.88 Å². The summed E-state index contributed by atoms with van der Waals surface area (Å²) in [7, 11) is 0. The van der Waals surface area contributed by atoms with E-state index in [0.29, 0.717) is 0 Å². The van der Waals surface area contributed by atoms with Crippen LogP contribution in [-0.4, -0.2) is 36.1 Å². The molecule has 0 saturated heterocycles. The van der Waals surface area contributed by atoms with Crippen LogP contribution in [0.4, 0.5) is 13.2 Å². The van der Waals surface area contributed by atoms with Gasteiger partial charge < -0.3 is 9.47 Å². The number of aromatic nitrogens is 1. The molecule has 0 fully saturated rings. The Morgan fingerprint density at radius 3 is 2.50 bits per heavy atom. The maximum absolute atomic E-state index is 11.9. The second-order valence-corrected chi connectivity index (χ2v) is 3.69. The van der Waals surface area contributed by atoms with Crippen molar-refractivity contribution in [3.63, 3.8) is 0 Å². The highest BCUT2D eigenvalue weighted by molar-refractivity contribution is 6.05. The molecule has 0 amide bonds. The van der Waals surface area contributed by atoms with Crippen molar-refractivity contribution >= 4 is 11.8 Å². The van der Waals surface area contributed by atoms with Gasteiger partial charge in [0.1, 0.15) is 6.42 Å². The highest BCUT2D eigenvalue weighted by Crippen LogP contribution is 2.17. The Morgan fingerprint density at radius 1 is 1.30 bits per heavy atom. The molecule has 0 aliphatic rings. The van der Waals surface area contributed by atoms with Gasteiger partial charge in [-0.05, 0) is 13.0 Å². The topological polar surface area (TPSA) is 65.5 Å². The smallest absolute Gasteiger partial charge is 0.422 e. The van der Waals surface area contributed by atoms with E-state index in [2.05, 4.69) is 14.5 Å². The number of nitrogens with zero attached hydrogens (tertiary/aromatic N) is 1. The van der Waals surface area contributed by atoms with Gasteiger partial charge in [-0.15, -0.1) is 0 Å². The normalized spacial score (nSPS) is 11.0. The van der Waals surface area contributed by atoms with Gasteiger partial charge in [0, 0.05) is 17.8 Å². The third kappa shape index (κ3) is 5.68. The molecule has 0 aromatic carbocycles. The Bertz CT molecular complexity index is 471. The first-order valence-electron chi connectivity index (χ1n) is 5.66. The van der Waals surface area contributed by atoms with Gasteiger partial charge in [0.15, 0.2) is 12.4 Å². The van der Waals surface area contributed by atoms with E-state index in [9.17, 15) is 22.8 Å². The number of halogens is 3. The highest BCUT2D eigenvalue weighted by Gasteiger charge is 2.28. The fourth-order valence-electron chi connectivity index (χ4n) is 1.23. The van der Waals surface area contributed by atoms with E-state index in [4.69, 9.17) is 0 Å². The van der Waals surface area contributed by atoms with E-state index in [1.54, 1.807) is 6.92 Å². The van der Waals surface area contributed by atoms with Crippen LogP contribution in [0.15, 0.2) is 18.3 Å². The number of rotatable bonds is 6. The molecule has 0 aliphatic heterocycles. The summed E-state index contributed by atoms with van der Waals surface area (Å²) in [6.45, 7) is 0.307. The number of ether oxygens (including phenoxy) is 2. The quantitative estimate of drug-likeness (QED) is 0.456. The number of hydrogen-bond donors (Lipinski definition) is 0. The van der Waals surface area contributed by atoms with Crippen LogP contribution in [0.3, 0.4) is 0 Å². The Labute approximate surface area is 112 Å². The van der Waals surface area contributed by atoms with Crippen LogP contribution in [0.25, 0.3) is 0 Å². The summed E-state index contributed by atoms with van der Waals surface area (Å²) in [4.78, 5) is 26.3. The number of esters is 1. The molecule has 20 heavy (non-hydrogen) atoms. The molecule has 1 heterocycles. The van der Waals surface area contributed by atoms with Crippen LogP contribution < -0.4 is 4.74 Å². The van der Waals surface area contributed by atoms with Crippen molar-refractivity contribution in [1.82, 2.24) is 4.98 Å². The zero-order chi connectivity index (χ0) is 15.2. The molecule has 1 rings (SSSR count). The third-order valence-corrected chi connectivity index (χ3v) is 2.05. The van der Waals surface area contributed by atoms with Crippen LogP contribution in [0.1, 0.15) is 23.7 Å². The second kappa shape index (κ2) is 6.88. The molecule has 0 spiro atoms. The number of Topliss-reactive ketones (excluding diaryl/α,β-unsaturated/α-hetero) is 1. The fourth-order valence-corrected chi connectivity index (χ4v) is 1.23. The average molecular weight is 291 g/mol. The summed E-state index contributed by atoms with van der Waals surface area (Å²) in [6.07, 6.45) is -3.86. The number of pyridine rings is 1. The summed E-state index contributed by atoms with van der Waals surface area (Å²) in [5, 5.41) is 0. The van der Waals surface area contributed by atoms with E-state index in [0.717, 1.165) is 12.3 Å². The molecular weight excluding hydrogens is 279 g/mol.